The SMILES string of the molecule is CCn1ccnc1[C@H]1OCC[C@@H]1NC1CCSCC1. The van der Waals surface area contributed by atoms with Gasteiger partial charge in [-0.15, -0.1) is 0 Å². The second kappa shape index (κ2) is 6.29. The smallest absolute Gasteiger partial charge is 0.139 e. The molecular weight excluding hydrogens is 258 g/mol. The quantitative estimate of drug-likeness (QED) is 0.918. The molecule has 106 valence electrons. The van der Waals surface area contributed by atoms with Crippen LogP contribution in [0.5, 0.6) is 0 Å². The molecule has 0 aromatic carbocycles. The number of hydrogen-bond donors (Lipinski definition) is 1. The summed E-state index contributed by atoms with van der Waals surface area (Å²) in [7, 11) is 0. The Morgan fingerprint density at radius 3 is 3.05 bits per heavy atom. The molecule has 2 fully saturated rings. The van der Waals surface area contributed by atoms with Gasteiger partial charge in [0.2, 0.25) is 0 Å². The van der Waals surface area contributed by atoms with Crippen LogP contribution in [0.4, 0.5) is 0 Å². The minimum absolute atomic E-state index is 0.129. The van der Waals surface area contributed by atoms with Crippen molar-refractivity contribution < 1.29 is 4.74 Å². The summed E-state index contributed by atoms with van der Waals surface area (Å²) in [5.41, 5.74) is 0. The summed E-state index contributed by atoms with van der Waals surface area (Å²) in [6, 6.07) is 1.10. The standard InChI is InChI=1S/C14H23N3OS/c1-2-17-7-6-15-14(17)13-12(3-8-18-13)16-11-4-9-19-10-5-11/h6-7,11-13,16H,2-5,8-10H2,1H3/t12-,13-/m0/s1. The first-order chi connectivity index (χ1) is 9.38. The number of aromatic nitrogens is 2. The van der Waals surface area contributed by atoms with Gasteiger partial charge in [-0.2, -0.15) is 11.8 Å². The van der Waals surface area contributed by atoms with Gasteiger partial charge in [0, 0.05) is 37.6 Å². The topological polar surface area (TPSA) is 39.1 Å². The Hall–Kier alpha value is -0.520. The van der Waals surface area contributed by atoms with E-state index in [4.69, 9.17) is 4.74 Å². The van der Waals surface area contributed by atoms with Crippen molar-refractivity contribution in [3.05, 3.63) is 18.2 Å². The Morgan fingerprint density at radius 1 is 1.42 bits per heavy atom. The lowest BCUT2D eigenvalue weighted by Crippen LogP contribution is -2.42. The fourth-order valence-corrected chi connectivity index (χ4v) is 4.13. The van der Waals surface area contributed by atoms with E-state index in [0.717, 1.165) is 25.4 Å². The van der Waals surface area contributed by atoms with Gasteiger partial charge in [-0.05, 0) is 37.7 Å². The normalized spacial score (nSPS) is 28.9. The Kier molecular flexibility index (Phi) is 4.45. The van der Waals surface area contributed by atoms with Gasteiger partial charge in [0.15, 0.2) is 0 Å². The number of nitrogens with one attached hydrogen (secondary N) is 1. The molecule has 2 saturated heterocycles. The minimum atomic E-state index is 0.129. The zero-order chi connectivity index (χ0) is 13.1. The third kappa shape index (κ3) is 2.98. The van der Waals surface area contributed by atoms with E-state index in [-0.39, 0.29) is 6.10 Å². The molecule has 2 aliphatic heterocycles. The van der Waals surface area contributed by atoms with E-state index in [1.807, 2.05) is 12.4 Å². The highest BCUT2D eigenvalue weighted by Crippen LogP contribution is 2.29. The molecule has 1 aromatic heterocycles. The van der Waals surface area contributed by atoms with Crippen molar-refractivity contribution in [2.45, 2.75) is 50.9 Å². The predicted molar refractivity (Wildman–Crippen MR) is 78.5 cm³/mol. The molecule has 3 heterocycles. The molecule has 0 aliphatic carbocycles. The number of hydrogen-bond acceptors (Lipinski definition) is 4. The molecule has 0 saturated carbocycles. The maximum Gasteiger partial charge on any atom is 0.139 e. The van der Waals surface area contributed by atoms with Crippen LogP contribution >= 0.6 is 11.8 Å². The summed E-state index contributed by atoms with van der Waals surface area (Å²) in [6.07, 6.45) is 7.74. The van der Waals surface area contributed by atoms with Crippen molar-refractivity contribution in [3.8, 4) is 0 Å². The van der Waals surface area contributed by atoms with Crippen molar-refractivity contribution in [1.29, 1.82) is 0 Å². The van der Waals surface area contributed by atoms with Crippen molar-refractivity contribution >= 4 is 11.8 Å². The van der Waals surface area contributed by atoms with Crippen LogP contribution in [0.15, 0.2) is 12.4 Å². The average molecular weight is 281 g/mol. The number of imidazole rings is 1. The maximum absolute atomic E-state index is 5.94. The van der Waals surface area contributed by atoms with Gasteiger partial charge >= 0.3 is 0 Å². The largest absolute Gasteiger partial charge is 0.369 e. The van der Waals surface area contributed by atoms with E-state index >= 15 is 0 Å². The first-order valence-electron chi connectivity index (χ1n) is 7.35. The summed E-state index contributed by atoms with van der Waals surface area (Å²) in [5.74, 6) is 3.67. The number of nitrogens with zero attached hydrogens (tertiary/aromatic N) is 2. The van der Waals surface area contributed by atoms with Gasteiger partial charge < -0.3 is 14.6 Å². The molecule has 3 rings (SSSR count). The molecular formula is C14H23N3OS. The van der Waals surface area contributed by atoms with Crippen LogP contribution in [0, 0.1) is 0 Å². The van der Waals surface area contributed by atoms with Crippen LogP contribution in [-0.2, 0) is 11.3 Å². The van der Waals surface area contributed by atoms with Crippen molar-refractivity contribution in [2.75, 3.05) is 18.1 Å². The highest BCUT2D eigenvalue weighted by molar-refractivity contribution is 7.99. The molecule has 2 aliphatic rings. The molecule has 19 heavy (non-hydrogen) atoms. The first-order valence-corrected chi connectivity index (χ1v) is 8.50. The summed E-state index contributed by atoms with van der Waals surface area (Å²) < 4.78 is 8.14. The number of ether oxygens (including phenoxy) is 1. The first kappa shape index (κ1) is 13.5. The third-order valence-electron chi connectivity index (χ3n) is 4.11. The van der Waals surface area contributed by atoms with E-state index in [1.54, 1.807) is 0 Å². The van der Waals surface area contributed by atoms with Gasteiger partial charge in [-0.1, -0.05) is 0 Å². The van der Waals surface area contributed by atoms with Gasteiger partial charge in [0.25, 0.3) is 0 Å². The molecule has 0 spiro atoms. The highest BCUT2D eigenvalue weighted by atomic mass is 32.2. The van der Waals surface area contributed by atoms with Crippen LogP contribution in [0.2, 0.25) is 0 Å². The number of rotatable bonds is 4. The molecule has 1 aromatic rings. The number of aryl methyl sites for hydroxylation is 1. The summed E-state index contributed by atoms with van der Waals surface area (Å²) in [6.45, 7) is 3.96. The molecule has 5 heteroatoms. The van der Waals surface area contributed by atoms with Crippen LogP contribution in [0.3, 0.4) is 0 Å². The van der Waals surface area contributed by atoms with E-state index in [0.29, 0.717) is 12.1 Å². The van der Waals surface area contributed by atoms with Crippen LogP contribution in [0.1, 0.15) is 38.1 Å². The lowest BCUT2D eigenvalue weighted by Gasteiger charge is -2.28. The Labute approximate surface area is 119 Å². The minimum Gasteiger partial charge on any atom is -0.369 e. The van der Waals surface area contributed by atoms with Crippen molar-refractivity contribution in [3.63, 3.8) is 0 Å². The van der Waals surface area contributed by atoms with Crippen LogP contribution in [-0.4, -0.2) is 39.7 Å². The molecule has 2 atom stereocenters. The van der Waals surface area contributed by atoms with Gasteiger partial charge in [-0.3, -0.25) is 0 Å². The third-order valence-corrected chi connectivity index (χ3v) is 5.15. The van der Waals surface area contributed by atoms with E-state index < -0.39 is 0 Å². The lowest BCUT2D eigenvalue weighted by molar-refractivity contribution is 0.0862. The fraction of sp³-hybridized carbons (Fsp3) is 0.786. The second-order valence-corrected chi connectivity index (χ2v) is 6.54. The summed E-state index contributed by atoms with van der Waals surface area (Å²) in [4.78, 5) is 4.51. The van der Waals surface area contributed by atoms with Gasteiger partial charge in [-0.25, -0.2) is 4.98 Å². The summed E-state index contributed by atoms with van der Waals surface area (Å²) >= 11 is 2.07. The molecule has 0 unspecified atom stereocenters. The fourth-order valence-electron chi connectivity index (χ4n) is 3.03. The monoisotopic (exact) mass is 281 g/mol. The van der Waals surface area contributed by atoms with Gasteiger partial charge in [0.1, 0.15) is 11.9 Å². The lowest BCUT2D eigenvalue weighted by atomic mass is 10.1. The Bertz CT molecular complexity index is 403. The summed E-state index contributed by atoms with van der Waals surface area (Å²) in [5, 5.41) is 3.82. The molecule has 0 radical (unpaired) electrons. The van der Waals surface area contributed by atoms with E-state index in [1.165, 1.54) is 24.3 Å². The maximum atomic E-state index is 5.94. The zero-order valence-electron chi connectivity index (χ0n) is 11.5. The van der Waals surface area contributed by atoms with Crippen LogP contribution < -0.4 is 5.32 Å². The van der Waals surface area contributed by atoms with E-state index in [9.17, 15) is 0 Å². The number of thioether (sulfide) groups is 1. The zero-order valence-corrected chi connectivity index (χ0v) is 12.4. The molecule has 0 bridgehead atoms. The molecule has 4 nitrogen and oxygen atoms in total. The predicted octanol–water partition coefficient (Wildman–Crippen LogP) is 2.22. The highest BCUT2D eigenvalue weighted by Gasteiger charge is 2.34. The second-order valence-electron chi connectivity index (χ2n) is 5.31. The van der Waals surface area contributed by atoms with Crippen molar-refractivity contribution in [1.82, 2.24) is 14.9 Å². The van der Waals surface area contributed by atoms with Crippen molar-refractivity contribution in [2.24, 2.45) is 0 Å². The Balaban J connectivity index is 1.67. The molecule has 1 N–H and O–H groups in total. The average Bonchev–Trinajstić information content (AvgIpc) is 3.07. The Morgan fingerprint density at radius 2 is 2.26 bits per heavy atom. The van der Waals surface area contributed by atoms with E-state index in [2.05, 4.69) is 33.6 Å². The van der Waals surface area contributed by atoms with Gasteiger partial charge in [0.05, 0.1) is 0 Å². The molecule has 0 amide bonds. The van der Waals surface area contributed by atoms with Crippen LogP contribution in [0.25, 0.3) is 0 Å².